The lowest BCUT2D eigenvalue weighted by atomic mass is 10.1. The van der Waals surface area contributed by atoms with Gasteiger partial charge in [0.2, 0.25) is 0 Å². The van der Waals surface area contributed by atoms with Crippen molar-refractivity contribution in [2.45, 2.75) is 39.5 Å². The van der Waals surface area contributed by atoms with Crippen LogP contribution in [0.15, 0.2) is 53.0 Å². The first-order valence-electron chi connectivity index (χ1n) is 11.9. The first-order valence-corrected chi connectivity index (χ1v) is 12.7. The number of piperazine rings is 2. The van der Waals surface area contributed by atoms with Crippen LogP contribution in [0.5, 0.6) is 0 Å². The summed E-state index contributed by atoms with van der Waals surface area (Å²) in [6.07, 6.45) is 4.84. The van der Waals surface area contributed by atoms with Gasteiger partial charge in [-0.1, -0.05) is 66.9 Å². The number of anilines is 1. The van der Waals surface area contributed by atoms with E-state index in [2.05, 4.69) is 99.2 Å². The summed E-state index contributed by atoms with van der Waals surface area (Å²) in [4.78, 5) is 2.45. The molecular formula is C26H41BrN4. The third-order valence-corrected chi connectivity index (χ3v) is 5.89. The molecule has 0 aromatic heterocycles. The molecule has 172 valence electrons. The fourth-order valence-electron chi connectivity index (χ4n) is 3.63. The van der Waals surface area contributed by atoms with E-state index >= 15 is 0 Å². The third-order valence-electron chi connectivity index (χ3n) is 5.37. The van der Waals surface area contributed by atoms with E-state index < -0.39 is 0 Å². The van der Waals surface area contributed by atoms with Gasteiger partial charge in [-0.25, -0.2) is 0 Å². The Morgan fingerprint density at radius 3 is 1.48 bits per heavy atom. The number of nitrogens with zero attached hydrogens (tertiary/aromatic N) is 1. The highest BCUT2D eigenvalue weighted by Gasteiger charge is 2.09. The maximum atomic E-state index is 3.40. The molecular weight excluding hydrogens is 448 g/mol. The molecule has 4 nitrogen and oxygen atoms in total. The normalized spacial score (nSPS) is 15.9. The Morgan fingerprint density at radius 2 is 1.06 bits per heavy atom. The molecule has 0 atom stereocenters. The van der Waals surface area contributed by atoms with Crippen LogP contribution in [0.2, 0.25) is 0 Å². The molecule has 2 aromatic carbocycles. The lowest BCUT2D eigenvalue weighted by Crippen LogP contribution is -2.43. The number of nitrogens with one attached hydrogen (secondary N) is 3. The minimum absolute atomic E-state index is 1.11. The molecule has 0 aliphatic carbocycles. The average Bonchev–Trinajstić information content (AvgIpc) is 2.84. The van der Waals surface area contributed by atoms with Crippen LogP contribution in [-0.2, 0) is 12.8 Å². The number of halogens is 1. The number of hydrogen-bond donors (Lipinski definition) is 3. The maximum absolute atomic E-state index is 3.40. The van der Waals surface area contributed by atoms with Gasteiger partial charge in [0.15, 0.2) is 0 Å². The van der Waals surface area contributed by atoms with Gasteiger partial charge in [-0.2, -0.15) is 0 Å². The number of benzene rings is 2. The van der Waals surface area contributed by atoms with Gasteiger partial charge in [0.25, 0.3) is 0 Å². The molecule has 0 amide bonds. The van der Waals surface area contributed by atoms with Crippen LogP contribution < -0.4 is 20.9 Å². The van der Waals surface area contributed by atoms with E-state index in [9.17, 15) is 0 Å². The molecule has 4 rings (SSSR count). The largest absolute Gasteiger partial charge is 0.369 e. The van der Waals surface area contributed by atoms with Gasteiger partial charge in [-0.05, 0) is 48.2 Å². The Morgan fingerprint density at radius 1 is 0.645 bits per heavy atom. The van der Waals surface area contributed by atoms with Crippen molar-refractivity contribution < 1.29 is 0 Å². The highest BCUT2D eigenvalue weighted by molar-refractivity contribution is 9.10. The van der Waals surface area contributed by atoms with Crippen molar-refractivity contribution in [2.24, 2.45) is 0 Å². The van der Waals surface area contributed by atoms with Crippen LogP contribution in [0.1, 0.15) is 37.8 Å². The summed E-state index contributed by atoms with van der Waals surface area (Å²) in [5.74, 6) is 0. The second-order valence-electron chi connectivity index (χ2n) is 8.03. The van der Waals surface area contributed by atoms with E-state index in [0.717, 1.165) is 56.8 Å². The monoisotopic (exact) mass is 488 g/mol. The molecule has 2 aromatic rings. The first-order chi connectivity index (χ1) is 15.2. The molecule has 5 heteroatoms. The first kappa shape index (κ1) is 25.9. The number of rotatable bonds is 5. The zero-order chi connectivity index (χ0) is 22.2. The average molecular weight is 490 g/mol. The van der Waals surface area contributed by atoms with Gasteiger partial charge >= 0.3 is 0 Å². The van der Waals surface area contributed by atoms with Crippen molar-refractivity contribution in [3.8, 4) is 0 Å². The Labute approximate surface area is 198 Å². The topological polar surface area (TPSA) is 39.3 Å². The number of hydrogen-bond acceptors (Lipinski definition) is 4. The van der Waals surface area contributed by atoms with Crippen molar-refractivity contribution in [2.75, 3.05) is 57.3 Å². The molecule has 0 spiro atoms. The van der Waals surface area contributed by atoms with Crippen molar-refractivity contribution >= 4 is 21.6 Å². The SMILES string of the molecule is C1CNCCN1.CCCc1ccc(Br)cc1.CCCc1ccc(N2CCNCC2)cc1. The predicted octanol–water partition coefficient (Wildman–Crippen LogP) is 4.63. The van der Waals surface area contributed by atoms with Gasteiger partial charge in [0, 0.05) is 62.5 Å². The molecule has 2 heterocycles. The Kier molecular flexibility index (Phi) is 13.6. The minimum Gasteiger partial charge on any atom is -0.369 e. The molecule has 2 saturated heterocycles. The van der Waals surface area contributed by atoms with Crippen molar-refractivity contribution in [1.29, 1.82) is 0 Å². The Balaban J connectivity index is 0.000000183. The summed E-state index contributed by atoms with van der Waals surface area (Å²) in [6.45, 7) is 13.5. The molecule has 0 saturated carbocycles. The predicted molar refractivity (Wildman–Crippen MR) is 139 cm³/mol. The van der Waals surface area contributed by atoms with Crippen molar-refractivity contribution in [1.82, 2.24) is 16.0 Å². The van der Waals surface area contributed by atoms with Crippen LogP contribution in [0.25, 0.3) is 0 Å². The zero-order valence-electron chi connectivity index (χ0n) is 19.4. The summed E-state index contributed by atoms with van der Waals surface area (Å²) in [7, 11) is 0. The molecule has 0 radical (unpaired) electrons. The summed E-state index contributed by atoms with van der Waals surface area (Å²) < 4.78 is 1.16. The Hall–Kier alpha value is -1.40. The summed E-state index contributed by atoms with van der Waals surface area (Å²) in [5.41, 5.74) is 4.25. The van der Waals surface area contributed by atoms with Gasteiger partial charge in [-0.3, -0.25) is 0 Å². The zero-order valence-corrected chi connectivity index (χ0v) is 21.0. The highest BCUT2D eigenvalue weighted by atomic mass is 79.9. The van der Waals surface area contributed by atoms with E-state index in [4.69, 9.17) is 0 Å². The van der Waals surface area contributed by atoms with Gasteiger partial charge < -0.3 is 20.9 Å². The van der Waals surface area contributed by atoms with Crippen molar-refractivity contribution in [3.63, 3.8) is 0 Å². The molecule has 2 aliphatic heterocycles. The molecule has 31 heavy (non-hydrogen) atoms. The highest BCUT2D eigenvalue weighted by Crippen LogP contribution is 2.16. The van der Waals surface area contributed by atoms with E-state index in [-0.39, 0.29) is 0 Å². The van der Waals surface area contributed by atoms with Crippen LogP contribution in [-0.4, -0.2) is 52.4 Å². The van der Waals surface area contributed by atoms with E-state index in [0.29, 0.717) is 0 Å². The van der Waals surface area contributed by atoms with Crippen LogP contribution >= 0.6 is 15.9 Å². The number of aryl methyl sites for hydroxylation is 2. The summed E-state index contributed by atoms with van der Waals surface area (Å²) in [5, 5.41) is 9.82. The fourth-order valence-corrected chi connectivity index (χ4v) is 3.89. The van der Waals surface area contributed by atoms with Gasteiger partial charge in [0.1, 0.15) is 0 Å². The van der Waals surface area contributed by atoms with Crippen LogP contribution in [0, 0.1) is 0 Å². The lowest BCUT2D eigenvalue weighted by Gasteiger charge is -2.29. The second-order valence-corrected chi connectivity index (χ2v) is 8.95. The second kappa shape index (κ2) is 16.3. The quantitative estimate of drug-likeness (QED) is 0.573. The van der Waals surface area contributed by atoms with E-state index in [1.165, 1.54) is 42.5 Å². The smallest absolute Gasteiger partial charge is 0.0367 e. The molecule has 0 unspecified atom stereocenters. The van der Waals surface area contributed by atoms with E-state index in [1.807, 2.05) is 0 Å². The third kappa shape index (κ3) is 11.2. The molecule has 0 bridgehead atoms. The lowest BCUT2D eigenvalue weighted by molar-refractivity contribution is 0.534. The van der Waals surface area contributed by atoms with Crippen LogP contribution in [0.3, 0.4) is 0 Å². The maximum Gasteiger partial charge on any atom is 0.0367 e. The van der Waals surface area contributed by atoms with E-state index in [1.54, 1.807) is 0 Å². The standard InChI is InChI=1S/C13H20N2.C9H11Br.C4H10N2/c1-2-3-12-4-6-13(7-5-12)15-10-8-14-9-11-15;1-2-3-8-4-6-9(10)7-5-8;1-2-6-4-3-5-1/h4-7,14H,2-3,8-11H2,1H3;4-7H,2-3H2,1H3;5-6H,1-4H2. The van der Waals surface area contributed by atoms with Crippen molar-refractivity contribution in [3.05, 3.63) is 64.1 Å². The Bertz CT molecular complexity index is 666. The summed E-state index contributed by atoms with van der Waals surface area (Å²) in [6, 6.07) is 17.5. The van der Waals surface area contributed by atoms with Gasteiger partial charge in [-0.15, -0.1) is 0 Å². The molecule has 2 fully saturated rings. The van der Waals surface area contributed by atoms with Gasteiger partial charge in [0.05, 0.1) is 0 Å². The fraction of sp³-hybridized carbons (Fsp3) is 0.538. The molecule has 3 N–H and O–H groups in total. The molecule has 2 aliphatic rings. The van der Waals surface area contributed by atoms with Crippen LogP contribution in [0.4, 0.5) is 5.69 Å². The summed E-state index contributed by atoms with van der Waals surface area (Å²) >= 11 is 3.40. The minimum atomic E-state index is 1.11.